The van der Waals surface area contributed by atoms with Gasteiger partial charge in [0.1, 0.15) is 10.8 Å². The van der Waals surface area contributed by atoms with Crippen molar-refractivity contribution in [2.75, 3.05) is 6.54 Å². The zero-order valence-corrected chi connectivity index (χ0v) is 13.9. The Morgan fingerprint density at radius 3 is 2.58 bits per heavy atom. The van der Waals surface area contributed by atoms with Gasteiger partial charge >= 0.3 is 0 Å². The van der Waals surface area contributed by atoms with E-state index in [2.05, 4.69) is 15.3 Å². The largest absolute Gasteiger partial charge is 0.355 e. The zero-order valence-electron chi connectivity index (χ0n) is 13.1. The molecule has 0 aliphatic rings. The molecule has 6 heteroatoms. The summed E-state index contributed by atoms with van der Waals surface area (Å²) < 4.78 is 13.1. The molecule has 0 saturated heterocycles. The van der Waals surface area contributed by atoms with Crippen LogP contribution >= 0.6 is 11.3 Å². The molecule has 0 aliphatic carbocycles. The van der Waals surface area contributed by atoms with Crippen molar-refractivity contribution in [2.24, 2.45) is 0 Å². The fourth-order valence-corrected chi connectivity index (χ4v) is 3.45. The van der Waals surface area contributed by atoms with Crippen molar-refractivity contribution >= 4 is 17.2 Å². The van der Waals surface area contributed by atoms with Crippen LogP contribution in [0, 0.1) is 5.82 Å². The molecule has 0 fully saturated rings. The normalized spacial score (nSPS) is 11.9. The molecule has 3 aromatic rings. The summed E-state index contributed by atoms with van der Waals surface area (Å²) in [5.74, 6) is -0.336. The monoisotopic (exact) mass is 341 g/mol. The molecule has 2 aromatic heterocycles. The van der Waals surface area contributed by atoms with E-state index in [-0.39, 0.29) is 17.6 Å². The molecule has 2 heterocycles. The lowest BCUT2D eigenvalue weighted by Crippen LogP contribution is -2.26. The lowest BCUT2D eigenvalue weighted by atomic mass is 9.99. The molecule has 0 aliphatic heterocycles. The topological polar surface area (TPSA) is 54.9 Å². The molecule has 1 amide bonds. The number of carbonyl (C=O) groups excluding carboxylic acids is 1. The fourth-order valence-electron chi connectivity index (χ4n) is 2.40. The van der Waals surface area contributed by atoms with E-state index in [1.807, 2.05) is 18.3 Å². The van der Waals surface area contributed by atoms with Crippen LogP contribution in [0.3, 0.4) is 0 Å². The Morgan fingerprint density at radius 1 is 1.21 bits per heavy atom. The van der Waals surface area contributed by atoms with Crippen LogP contribution < -0.4 is 5.32 Å². The van der Waals surface area contributed by atoms with Crippen molar-refractivity contribution < 1.29 is 9.18 Å². The molecule has 24 heavy (non-hydrogen) atoms. The predicted molar refractivity (Wildman–Crippen MR) is 92.3 cm³/mol. The van der Waals surface area contributed by atoms with Crippen LogP contribution in [-0.2, 0) is 4.79 Å². The van der Waals surface area contributed by atoms with E-state index < -0.39 is 0 Å². The van der Waals surface area contributed by atoms with E-state index in [1.165, 1.54) is 19.1 Å². The molecule has 1 N–H and O–H groups in total. The molecule has 0 radical (unpaired) electrons. The van der Waals surface area contributed by atoms with Gasteiger partial charge in [-0.3, -0.25) is 9.78 Å². The van der Waals surface area contributed by atoms with E-state index >= 15 is 0 Å². The van der Waals surface area contributed by atoms with Gasteiger partial charge < -0.3 is 5.32 Å². The first kappa shape index (κ1) is 16.3. The molecule has 1 unspecified atom stereocenters. The minimum Gasteiger partial charge on any atom is -0.355 e. The number of carbonyl (C=O) groups is 1. The van der Waals surface area contributed by atoms with Crippen LogP contribution in [0.25, 0.3) is 10.6 Å². The Kier molecular flexibility index (Phi) is 4.96. The first-order valence-electron chi connectivity index (χ1n) is 7.49. The van der Waals surface area contributed by atoms with Crippen molar-refractivity contribution in [1.82, 2.24) is 15.3 Å². The molecule has 1 aromatic carbocycles. The second-order valence-electron chi connectivity index (χ2n) is 5.34. The predicted octanol–water partition coefficient (Wildman–Crippen LogP) is 3.61. The summed E-state index contributed by atoms with van der Waals surface area (Å²) in [6, 6.07) is 10.1. The summed E-state index contributed by atoms with van der Waals surface area (Å²) in [5.41, 5.74) is 1.94. The molecule has 0 spiro atoms. The Bertz CT molecular complexity index is 818. The Balaban J connectivity index is 1.90. The van der Waals surface area contributed by atoms with Crippen molar-refractivity contribution in [3.05, 3.63) is 71.2 Å². The number of hydrogen-bond donors (Lipinski definition) is 1. The van der Waals surface area contributed by atoms with Crippen molar-refractivity contribution in [3.63, 3.8) is 0 Å². The number of halogens is 1. The summed E-state index contributed by atoms with van der Waals surface area (Å²) in [6.45, 7) is 1.99. The van der Waals surface area contributed by atoms with Gasteiger partial charge in [0.15, 0.2) is 0 Å². The van der Waals surface area contributed by atoms with Crippen LogP contribution in [0.5, 0.6) is 0 Å². The second-order valence-corrected chi connectivity index (χ2v) is 6.41. The zero-order chi connectivity index (χ0) is 16.9. The average molecular weight is 341 g/mol. The molecule has 3 rings (SSSR count). The van der Waals surface area contributed by atoms with Gasteiger partial charge in [-0.25, -0.2) is 9.37 Å². The number of hydrogen-bond acceptors (Lipinski definition) is 4. The van der Waals surface area contributed by atoms with Gasteiger partial charge in [0, 0.05) is 48.4 Å². The molecular formula is C18H16FN3OS. The highest BCUT2D eigenvalue weighted by molar-refractivity contribution is 7.15. The first-order chi connectivity index (χ1) is 11.6. The highest BCUT2D eigenvalue weighted by Gasteiger charge is 2.18. The molecule has 122 valence electrons. The number of amides is 1. The summed E-state index contributed by atoms with van der Waals surface area (Å²) >= 11 is 1.54. The van der Waals surface area contributed by atoms with Crippen molar-refractivity contribution in [1.29, 1.82) is 0 Å². The van der Waals surface area contributed by atoms with E-state index in [4.69, 9.17) is 0 Å². The van der Waals surface area contributed by atoms with E-state index in [9.17, 15) is 9.18 Å². The third kappa shape index (κ3) is 3.83. The van der Waals surface area contributed by atoms with Gasteiger partial charge in [-0.15, -0.1) is 11.3 Å². The van der Waals surface area contributed by atoms with Crippen LogP contribution in [0.15, 0.2) is 55.0 Å². The van der Waals surface area contributed by atoms with Gasteiger partial charge in [-0.05, 0) is 42.0 Å². The summed E-state index contributed by atoms with van der Waals surface area (Å²) in [4.78, 5) is 20.8. The Labute approximate surface area is 143 Å². The van der Waals surface area contributed by atoms with Crippen LogP contribution in [-0.4, -0.2) is 22.4 Å². The third-order valence-electron chi connectivity index (χ3n) is 3.62. The smallest absolute Gasteiger partial charge is 0.216 e. The average Bonchev–Trinajstić information content (AvgIpc) is 3.06. The van der Waals surface area contributed by atoms with Crippen LogP contribution in [0.4, 0.5) is 4.39 Å². The number of nitrogens with zero attached hydrogens (tertiary/aromatic N) is 2. The standard InChI is InChI=1S/C18H16FN3OS/c1-12(23)21-10-16(13-6-8-20-9-7-13)17-11-22-18(24-17)14-2-4-15(19)5-3-14/h2-9,11,16H,10H2,1H3,(H,21,23). The number of nitrogens with one attached hydrogen (secondary N) is 1. The maximum absolute atomic E-state index is 13.1. The quantitative estimate of drug-likeness (QED) is 0.771. The molecule has 1 atom stereocenters. The highest BCUT2D eigenvalue weighted by Crippen LogP contribution is 2.33. The van der Waals surface area contributed by atoms with E-state index in [1.54, 1.807) is 35.9 Å². The van der Waals surface area contributed by atoms with Gasteiger partial charge in [-0.2, -0.15) is 0 Å². The van der Waals surface area contributed by atoms with E-state index in [0.29, 0.717) is 6.54 Å². The maximum Gasteiger partial charge on any atom is 0.216 e. The lowest BCUT2D eigenvalue weighted by Gasteiger charge is -2.15. The minimum atomic E-state index is -0.268. The first-order valence-corrected chi connectivity index (χ1v) is 8.31. The number of pyridine rings is 1. The SMILES string of the molecule is CC(=O)NCC(c1ccncc1)c1cnc(-c2ccc(F)cc2)s1. The van der Waals surface area contributed by atoms with Gasteiger partial charge in [0.25, 0.3) is 0 Å². The molecular weight excluding hydrogens is 325 g/mol. The second kappa shape index (κ2) is 7.31. The van der Waals surface area contributed by atoms with Crippen LogP contribution in [0.1, 0.15) is 23.3 Å². The number of rotatable bonds is 5. The van der Waals surface area contributed by atoms with Gasteiger partial charge in [-0.1, -0.05) is 0 Å². The molecule has 0 saturated carbocycles. The van der Waals surface area contributed by atoms with Crippen molar-refractivity contribution in [2.45, 2.75) is 12.8 Å². The minimum absolute atomic E-state index is 0.00333. The third-order valence-corrected chi connectivity index (χ3v) is 4.78. The van der Waals surface area contributed by atoms with Crippen LogP contribution in [0.2, 0.25) is 0 Å². The molecule has 4 nitrogen and oxygen atoms in total. The van der Waals surface area contributed by atoms with Crippen molar-refractivity contribution in [3.8, 4) is 10.6 Å². The number of benzene rings is 1. The highest BCUT2D eigenvalue weighted by atomic mass is 32.1. The van der Waals surface area contributed by atoms with E-state index in [0.717, 1.165) is 21.0 Å². The summed E-state index contributed by atoms with van der Waals surface area (Å²) in [6.07, 6.45) is 5.28. The molecule has 0 bridgehead atoms. The number of aromatic nitrogens is 2. The lowest BCUT2D eigenvalue weighted by molar-refractivity contribution is -0.118. The fraction of sp³-hybridized carbons (Fsp3) is 0.167. The summed E-state index contributed by atoms with van der Waals surface area (Å²) in [5, 5.41) is 3.69. The number of thiazole rings is 1. The van der Waals surface area contributed by atoms with Gasteiger partial charge in [0.05, 0.1) is 0 Å². The van der Waals surface area contributed by atoms with Gasteiger partial charge in [0.2, 0.25) is 5.91 Å². The maximum atomic E-state index is 13.1. The Morgan fingerprint density at radius 2 is 1.92 bits per heavy atom. The summed E-state index contributed by atoms with van der Waals surface area (Å²) in [7, 11) is 0. The Hall–Kier alpha value is -2.60.